The Morgan fingerprint density at radius 1 is 1.11 bits per heavy atom. The van der Waals surface area contributed by atoms with Crippen LogP contribution >= 0.6 is 11.3 Å². The molecule has 0 aliphatic heterocycles. The molecule has 0 fully saturated rings. The predicted molar refractivity (Wildman–Crippen MR) is 105 cm³/mol. The van der Waals surface area contributed by atoms with Gasteiger partial charge < -0.3 is 4.74 Å². The van der Waals surface area contributed by atoms with E-state index < -0.39 is 10.0 Å². The van der Waals surface area contributed by atoms with Crippen molar-refractivity contribution < 1.29 is 17.9 Å². The van der Waals surface area contributed by atoms with Gasteiger partial charge in [0.15, 0.2) is 10.9 Å². The van der Waals surface area contributed by atoms with Crippen molar-refractivity contribution in [1.29, 1.82) is 0 Å². The molecule has 1 aromatic heterocycles. The van der Waals surface area contributed by atoms with Gasteiger partial charge in [-0.3, -0.25) is 9.52 Å². The second kappa shape index (κ2) is 8.32. The summed E-state index contributed by atoms with van der Waals surface area (Å²) in [5, 5.41) is 1.99. The molecule has 0 spiro atoms. The van der Waals surface area contributed by atoms with Crippen LogP contribution in [-0.2, 0) is 21.2 Å². The number of nitrogens with one attached hydrogen (secondary N) is 1. The number of benzene rings is 2. The molecule has 0 saturated heterocycles. The minimum atomic E-state index is -3.69. The molecule has 27 heavy (non-hydrogen) atoms. The maximum absolute atomic E-state index is 12.3. The molecule has 0 aliphatic carbocycles. The number of nitrogens with zero attached hydrogens (tertiary/aromatic N) is 1. The summed E-state index contributed by atoms with van der Waals surface area (Å²) in [4.78, 5) is 16.1. The number of hydrogen-bond donors (Lipinski definition) is 1. The second-order valence-corrected chi connectivity index (χ2v) is 8.48. The first-order valence-corrected chi connectivity index (χ1v) is 10.5. The lowest BCUT2D eigenvalue weighted by molar-refractivity contribution is -0.120. The molecule has 2 aromatic carbocycles. The van der Waals surface area contributed by atoms with Crippen LogP contribution in [0.5, 0.6) is 5.75 Å². The summed E-state index contributed by atoms with van der Waals surface area (Å²) in [6.07, 6.45) is 1.70. The maximum atomic E-state index is 12.3. The van der Waals surface area contributed by atoms with Crippen LogP contribution in [0.2, 0.25) is 0 Å². The van der Waals surface area contributed by atoms with E-state index in [-0.39, 0.29) is 23.7 Å². The van der Waals surface area contributed by atoms with E-state index >= 15 is 0 Å². The lowest BCUT2D eigenvalue weighted by Gasteiger charge is -2.08. The number of ketones is 1. The van der Waals surface area contributed by atoms with Crippen molar-refractivity contribution in [2.45, 2.75) is 18.2 Å². The average molecular weight is 402 g/mol. The van der Waals surface area contributed by atoms with E-state index in [1.807, 2.05) is 31.2 Å². The monoisotopic (exact) mass is 402 g/mol. The molecule has 0 atom stereocenters. The molecule has 1 heterocycles. The van der Waals surface area contributed by atoms with E-state index in [4.69, 9.17) is 4.74 Å². The third-order valence-electron chi connectivity index (χ3n) is 3.71. The van der Waals surface area contributed by atoms with Crippen LogP contribution in [0.1, 0.15) is 11.1 Å². The van der Waals surface area contributed by atoms with Gasteiger partial charge in [-0.05, 0) is 36.8 Å². The number of anilines is 1. The van der Waals surface area contributed by atoms with E-state index in [9.17, 15) is 13.2 Å². The number of sulfonamides is 1. The molecule has 1 N–H and O–H groups in total. The topological polar surface area (TPSA) is 85.4 Å². The number of hydrogen-bond acceptors (Lipinski definition) is 6. The van der Waals surface area contributed by atoms with Gasteiger partial charge >= 0.3 is 0 Å². The largest absolute Gasteiger partial charge is 0.486 e. The number of carbonyl (C=O) groups is 1. The predicted octanol–water partition coefficient (Wildman–Crippen LogP) is 3.44. The molecule has 0 aliphatic rings. The Morgan fingerprint density at radius 3 is 2.44 bits per heavy atom. The third-order valence-corrected chi connectivity index (χ3v) is 5.88. The first-order valence-electron chi connectivity index (χ1n) is 8.15. The van der Waals surface area contributed by atoms with E-state index in [1.54, 1.807) is 17.5 Å². The number of rotatable bonds is 8. The van der Waals surface area contributed by atoms with Gasteiger partial charge in [-0.2, -0.15) is 0 Å². The molecule has 0 bridgehead atoms. The Bertz CT molecular complexity index is 997. The van der Waals surface area contributed by atoms with Gasteiger partial charge in [0.25, 0.3) is 10.0 Å². The van der Waals surface area contributed by atoms with Crippen molar-refractivity contribution in [3.8, 4) is 5.75 Å². The third kappa shape index (κ3) is 5.38. The van der Waals surface area contributed by atoms with Crippen molar-refractivity contribution in [2.24, 2.45) is 0 Å². The van der Waals surface area contributed by atoms with Gasteiger partial charge in [0.2, 0.25) is 0 Å². The Balaban J connectivity index is 1.56. The molecule has 0 saturated carbocycles. The summed E-state index contributed by atoms with van der Waals surface area (Å²) < 4.78 is 32.5. The summed E-state index contributed by atoms with van der Waals surface area (Å²) in [6.45, 7) is 1.94. The number of aryl methyl sites for hydroxylation is 1. The fourth-order valence-corrected chi connectivity index (χ4v) is 4.10. The number of ether oxygens (including phenoxy) is 1. The molecule has 0 radical (unpaired) electrons. The fraction of sp³-hybridized carbons (Fsp3) is 0.158. The van der Waals surface area contributed by atoms with Crippen LogP contribution in [0.15, 0.2) is 65.0 Å². The molecule has 3 rings (SSSR count). The molecule has 3 aromatic rings. The van der Waals surface area contributed by atoms with Crippen LogP contribution in [-0.4, -0.2) is 25.8 Å². The lowest BCUT2D eigenvalue weighted by Crippen LogP contribution is -2.15. The number of aromatic nitrogens is 1. The first kappa shape index (κ1) is 19.1. The van der Waals surface area contributed by atoms with Crippen molar-refractivity contribution >= 4 is 32.3 Å². The highest BCUT2D eigenvalue weighted by Gasteiger charge is 2.15. The Kier molecular flexibility index (Phi) is 5.88. The van der Waals surface area contributed by atoms with Crippen molar-refractivity contribution in [3.05, 3.63) is 71.2 Å². The van der Waals surface area contributed by atoms with Gasteiger partial charge in [-0.1, -0.05) is 29.8 Å². The molecule has 0 unspecified atom stereocenters. The molecular formula is C19H18N2O4S2. The molecular weight excluding hydrogens is 384 g/mol. The lowest BCUT2D eigenvalue weighted by atomic mass is 10.1. The standard InChI is InChI=1S/C19H18N2O4S2/c1-14-2-6-17(7-3-14)25-13-16(22)12-15-4-8-18(9-5-15)27(23,24)21-19-20-10-11-26-19/h2-11H,12-13H2,1H3,(H,20,21). The second-order valence-electron chi connectivity index (χ2n) is 5.90. The van der Waals surface area contributed by atoms with Crippen LogP contribution in [0.25, 0.3) is 0 Å². The van der Waals surface area contributed by atoms with Gasteiger partial charge in [-0.15, -0.1) is 11.3 Å². The zero-order chi connectivity index (χ0) is 19.3. The van der Waals surface area contributed by atoms with Gasteiger partial charge in [0, 0.05) is 18.0 Å². The van der Waals surface area contributed by atoms with Crippen LogP contribution < -0.4 is 9.46 Å². The first-order chi connectivity index (χ1) is 12.9. The maximum Gasteiger partial charge on any atom is 0.263 e. The summed E-state index contributed by atoms with van der Waals surface area (Å²) in [7, 11) is -3.69. The molecule has 140 valence electrons. The minimum Gasteiger partial charge on any atom is -0.486 e. The van der Waals surface area contributed by atoms with E-state index in [0.29, 0.717) is 10.9 Å². The Hall–Kier alpha value is -2.71. The minimum absolute atomic E-state index is 0.0330. The number of Topliss-reactive ketones (excluding diaryl/α,β-unsaturated/α-hetero) is 1. The van der Waals surface area contributed by atoms with Gasteiger partial charge in [0.1, 0.15) is 12.4 Å². The number of carbonyl (C=O) groups excluding carboxylic acids is 1. The smallest absolute Gasteiger partial charge is 0.263 e. The quantitative estimate of drug-likeness (QED) is 0.624. The summed E-state index contributed by atoms with van der Waals surface area (Å²) >= 11 is 1.20. The molecule has 0 amide bonds. The zero-order valence-electron chi connectivity index (χ0n) is 14.6. The van der Waals surface area contributed by atoms with E-state index in [1.165, 1.54) is 29.7 Å². The van der Waals surface area contributed by atoms with Crippen LogP contribution in [0.3, 0.4) is 0 Å². The van der Waals surface area contributed by atoms with E-state index in [2.05, 4.69) is 9.71 Å². The highest BCUT2D eigenvalue weighted by Crippen LogP contribution is 2.18. The van der Waals surface area contributed by atoms with Crippen LogP contribution in [0, 0.1) is 6.92 Å². The summed E-state index contributed by atoms with van der Waals surface area (Å²) in [6, 6.07) is 13.7. The highest BCUT2D eigenvalue weighted by molar-refractivity contribution is 7.93. The van der Waals surface area contributed by atoms with Crippen LogP contribution in [0.4, 0.5) is 5.13 Å². The van der Waals surface area contributed by atoms with Gasteiger partial charge in [0.05, 0.1) is 4.90 Å². The highest BCUT2D eigenvalue weighted by atomic mass is 32.2. The molecule has 8 heteroatoms. The summed E-state index contributed by atoms with van der Waals surface area (Å²) in [5.74, 6) is 0.552. The Morgan fingerprint density at radius 2 is 1.81 bits per heavy atom. The zero-order valence-corrected chi connectivity index (χ0v) is 16.2. The molecule has 6 nitrogen and oxygen atoms in total. The van der Waals surface area contributed by atoms with Crippen molar-refractivity contribution in [2.75, 3.05) is 11.3 Å². The SMILES string of the molecule is Cc1ccc(OCC(=O)Cc2ccc(S(=O)(=O)Nc3nccs3)cc2)cc1. The fourth-order valence-electron chi connectivity index (χ4n) is 2.31. The normalized spacial score (nSPS) is 11.1. The number of thiazole rings is 1. The van der Waals surface area contributed by atoms with E-state index in [0.717, 1.165) is 11.1 Å². The average Bonchev–Trinajstić information content (AvgIpc) is 3.14. The summed E-state index contributed by atoms with van der Waals surface area (Å²) in [5.41, 5.74) is 1.84. The van der Waals surface area contributed by atoms with Crippen molar-refractivity contribution in [1.82, 2.24) is 4.98 Å². The Labute approximate surface area is 161 Å². The van der Waals surface area contributed by atoms with Gasteiger partial charge in [-0.25, -0.2) is 13.4 Å². The van der Waals surface area contributed by atoms with Crippen molar-refractivity contribution in [3.63, 3.8) is 0 Å².